The average molecular weight is 409 g/mol. The van der Waals surface area contributed by atoms with Crippen molar-refractivity contribution in [3.8, 4) is 17.3 Å². The van der Waals surface area contributed by atoms with E-state index in [0.717, 1.165) is 11.3 Å². The third kappa shape index (κ3) is 4.98. The quantitative estimate of drug-likeness (QED) is 0.549. The third-order valence-electron chi connectivity index (χ3n) is 4.32. The van der Waals surface area contributed by atoms with Gasteiger partial charge in [0.2, 0.25) is 5.95 Å². The first kappa shape index (κ1) is 20.5. The fourth-order valence-corrected chi connectivity index (χ4v) is 2.90. The second kappa shape index (κ2) is 8.84. The smallest absolute Gasteiger partial charge is 0.227 e. The zero-order chi connectivity index (χ0) is 21.0. The molecule has 3 rings (SSSR count). The highest BCUT2D eigenvalue weighted by Crippen LogP contribution is 2.27. The van der Waals surface area contributed by atoms with Gasteiger partial charge in [-0.2, -0.15) is 10.4 Å². The van der Waals surface area contributed by atoms with Gasteiger partial charge >= 0.3 is 0 Å². The average Bonchev–Trinajstić information content (AvgIpc) is 3.18. The van der Waals surface area contributed by atoms with Gasteiger partial charge in [-0.25, -0.2) is 9.97 Å². The zero-order valence-corrected chi connectivity index (χ0v) is 17.2. The molecule has 0 unspecified atom stereocenters. The van der Waals surface area contributed by atoms with E-state index in [1.807, 2.05) is 24.7 Å². The molecule has 0 saturated carbocycles. The van der Waals surface area contributed by atoms with Crippen LogP contribution in [0.15, 0.2) is 42.9 Å². The van der Waals surface area contributed by atoms with Crippen LogP contribution in [-0.4, -0.2) is 25.5 Å². The van der Waals surface area contributed by atoms with E-state index in [0.29, 0.717) is 22.2 Å². The van der Waals surface area contributed by atoms with Crippen LogP contribution in [0.25, 0.3) is 11.3 Å². The minimum absolute atomic E-state index is 0.0658. The predicted octanol–water partition coefficient (Wildman–Crippen LogP) is 5.05. The standard InChI is InChI=1S/C21H21ClN6O/c1-13(2)28-12-17(10-25-28)26-21-24-11-18(22)20(27-21)16-6-4-15(5-7-16)19(29)8-14(3)9-23/h4-7,10-14H,8H2,1-3H3,(H,24,26,27)/t14-/m1/s1. The summed E-state index contributed by atoms with van der Waals surface area (Å²) in [6.45, 7) is 5.82. The lowest BCUT2D eigenvalue weighted by atomic mass is 9.99. The first-order valence-electron chi connectivity index (χ1n) is 9.24. The number of anilines is 2. The summed E-state index contributed by atoms with van der Waals surface area (Å²) in [6, 6.07) is 9.36. The van der Waals surface area contributed by atoms with E-state index in [2.05, 4.69) is 26.5 Å². The summed E-state index contributed by atoms with van der Waals surface area (Å²) in [5.41, 5.74) is 2.66. The molecule has 0 aliphatic heterocycles. The number of carbonyl (C=O) groups is 1. The van der Waals surface area contributed by atoms with Gasteiger partial charge in [0.25, 0.3) is 0 Å². The van der Waals surface area contributed by atoms with Gasteiger partial charge in [-0.05, 0) is 20.8 Å². The van der Waals surface area contributed by atoms with Crippen LogP contribution in [0, 0.1) is 17.2 Å². The highest BCUT2D eigenvalue weighted by Gasteiger charge is 2.13. The molecule has 7 nitrogen and oxygen atoms in total. The molecule has 0 amide bonds. The topological polar surface area (TPSA) is 96.5 Å². The molecule has 3 aromatic rings. The monoisotopic (exact) mass is 408 g/mol. The second-order valence-corrected chi connectivity index (χ2v) is 7.46. The van der Waals surface area contributed by atoms with E-state index in [1.54, 1.807) is 37.4 Å². The summed E-state index contributed by atoms with van der Waals surface area (Å²) in [7, 11) is 0. The lowest BCUT2D eigenvalue weighted by Crippen LogP contribution is -2.04. The largest absolute Gasteiger partial charge is 0.321 e. The van der Waals surface area contributed by atoms with Crippen LogP contribution < -0.4 is 5.32 Å². The number of hydrogen-bond acceptors (Lipinski definition) is 6. The van der Waals surface area contributed by atoms with Crippen molar-refractivity contribution in [2.75, 3.05) is 5.32 Å². The molecule has 0 fully saturated rings. The van der Waals surface area contributed by atoms with Gasteiger partial charge in [-0.15, -0.1) is 0 Å². The Balaban J connectivity index is 1.80. The van der Waals surface area contributed by atoms with Gasteiger partial charge in [0.15, 0.2) is 5.78 Å². The number of rotatable bonds is 7. The minimum Gasteiger partial charge on any atom is -0.321 e. The number of benzene rings is 1. The minimum atomic E-state index is -0.313. The molecule has 148 valence electrons. The molecule has 2 aromatic heterocycles. The lowest BCUT2D eigenvalue weighted by molar-refractivity contribution is 0.0973. The molecular weight excluding hydrogens is 388 g/mol. The molecule has 1 aromatic carbocycles. The zero-order valence-electron chi connectivity index (χ0n) is 16.4. The van der Waals surface area contributed by atoms with Crippen molar-refractivity contribution in [2.45, 2.75) is 33.2 Å². The van der Waals surface area contributed by atoms with E-state index in [-0.39, 0.29) is 24.2 Å². The molecule has 0 radical (unpaired) electrons. The number of nitrogens with zero attached hydrogens (tertiary/aromatic N) is 5. The van der Waals surface area contributed by atoms with E-state index >= 15 is 0 Å². The van der Waals surface area contributed by atoms with Gasteiger partial charge in [0, 0.05) is 29.8 Å². The van der Waals surface area contributed by atoms with Gasteiger partial charge in [-0.3, -0.25) is 9.48 Å². The van der Waals surface area contributed by atoms with Crippen molar-refractivity contribution in [2.24, 2.45) is 5.92 Å². The maximum absolute atomic E-state index is 12.2. The van der Waals surface area contributed by atoms with Crippen LogP contribution in [0.3, 0.4) is 0 Å². The summed E-state index contributed by atoms with van der Waals surface area (Å²) in [5, 5.41) is 16.7. The summed E-state index contributed by atoms with van der Waals surface area (Å²) in [5.74, 6) is 0.0202. The number of nitriles is 1. The molecule has 2 heterocycles. The van der Waals surface area contributed by atoms with Crippen molar-refractivity contribution in [1.82, 2.24) is 19.7 Å². The van der Waals surface area contributed by atoms with Gasteiger partial charge < -0.3 is 5.32 Å². The highest BCUT2D eigenvalue weighted by atomic mass is 35.5. The molecule has 0 spiro atoms. The molecular formula is C21H21ClN6O. The van der Waals surface area contributed by atoms with Crippen LogP contribution in [0.1, 0.15) is 43.6 Å². The SMILES string of the molecule is CC(C)n1cc(Nc2ncc(Cl)c(-c3ccc(C(=O)C[C@@H](C)C#N)cc3)n2)cn1. The lowest BCUT2D eigenvalue weighted by Gasteiger charge is -2.08. The van der Waals surface area contributed by atoms with Gasteiger partial charge in [-0.1, -0.05) is 35.9 Å². The molecule has 0 bridgehead atoms. The first-order chi connectivity index (χ1) is 13.9. The molecule has 8 heteroatoms. The second-order valence-electron chi connectivity index (χ2n) is 7.05. The van der Waals surface area contributed by atoms with E-state index in [1.165, 1.54) is 6.20 Å². The molecule has 0 saturated heterocycles. The number of nitrogens with one attached hydrogen (secondary N) is 1. The number of aromatic nitrogens is 4. The van der Waals surface area contributed by atoms with Crippen LogP contribution in [-0.2, 0) is 0 Å². The van der Waals surface area contributed by atoms with Crippen molar-refractivity contribution >= 4 is 29.0 Å². The fourth-order valence-electron chi connectivity index (χ4n) is 2.70. The Bertz CT molecular complexity index is 1050. The van der Waals surface area contributed by atoms with E-state index in [9.17, 15) is 4.79 Å². The highest BCUT2D eigenvalue weighted by molar-refractivity contribution is 6.32. The number of hydrogen-bond donors (Lipinski definition) is 1. The Labute approximate surface area is 174 Å². The summed E-state index contributed by atoms with van der Waals surface area (Å²) in [6.07, 6.45) is 5.32. The Hall–Kier alpha value is -3.24. The van der Waals surface area contributed by atoms with Crippen molar-refractivity contribution in [3.05, 3.63) is 53.4 Å². The molecule has 0 aliphatic rings. The Morgan fingerprint density at radius 3 is 2.59 bits per heavy atom. The predicted molar refractivity (Wildman–Crippen MR) is 112 cm³/mol. The summed E-state index contributed by atoms with van der Waals surface area (Å²) in [4.78, 5) is 20.9. The number of Topliss-reactive ketones (excluding diaryl/α,β-unsaturated/α-hetero) is 1. The first-order valence-corrected chi connectivity index (χ1v) is 9.62. The Kier molecular flexibility index (Phi) is 6.25. The van der Waals surface area contributed by atoms with E-state index < -0.39 is 0 Å². The maximum atomic E-state index is 12.2. The fraction of sp³-hybridized carbons (Fsp3) is 0.286. The molecule has 29 heavy (non-hydrogen) atoms. The van der Waals surface area contributed by atoms with E-state index in [4.69, 9.17) is 16.9 Å². The molecule has 0 aliphatic carbocycles. The third-order valence-corrected chi connectivity index (χ3v) is 4.60. The summed E-state index contributed by atoms with van der Waals surface area (Å²) < 4.78 is 1.84. The van der Waals surface area contributed by atoms with Crippen molar-refractivity contribution < 1.29 is 4.79 Å². The van der Waals surface area contributed by atoms with Gasteiger partial charge in [0.1, 0.15) is 0 Å². The normalized spacial score (nSPS) is 11.9. The van der Waals surface area contributed by atoms with Crippen molar-refractivity contribution in [3.63, 3.8) is 0 Å². The Morgan fingerprint density at radius 2 is 1.97 bits per heavy atom. The van der Waals surface area contributed by atoms with Gasteiger partial charge in [0.05, 0.1) is 40.8 Å². The van der Waals surface area contributed by atoms with Crippen LogP contribution in [0.4, 0.5) is 11.6 Å². The van der Waals surface area contributed by atoms with Crippen LogP contribution in [0.2, 0.25) is 5.02 Å². The van der Waals surface area contributed by atoms with Crippen LogP contribution >= 0.6 is 11.6 Å². The molecule has 1 N–H and O–H groups in total. The van der Waals surface area contributed by atoms with Crippen molar-refractivity contribution in [1.29, 1.82) is 5.26 Å². The Morgan fingerprint density at radius 1 is 1.24 bits per heavy atom. The number of halogens is 1. The number of carbonyl (C=O) groups excluding carboxylic acids is 1. The molecule has 1 atom stereocenters. The van der Waals surface area contributed by atoms with Crippen LogP contribution in [0.5, 0.6) is 0 Å². The maximum Gasteiger partial charge on any atom is 0.227 e. The summed E-state index contributed by atoms with van der Waals surface area (Å²) >= 11 is 6.30. The number of ketones is 1.